The molecule has 0 saturated carbocycles. The highest BCUT2D eigenvalue weighted by atomic mass is 16.5. The molecule has 0 amide bonds. The third-order valence-electron chi connectivity index (χ3n) is 4.70. The van der Waals surface area contributed by atoms with Gasteiger partial charge in [0.2, 0.25) is 0 Å². The van der Waals surface area contributed by atoms with Crippen molar-refractivity contribution >= 4 is 5.96 Å². The first-order valence-corrected chi connectivity index (χ1v) is 9.08. The maximum atomic E-state index is 6.01. The summed E-state index contributed by atoms with van der Waals surface area (Å²) in [6, 6.07) is 8.47. The molecule has 4 atom stereocenters. The van der Waals surface area contributed by atoms with Gasteiger partial charge >= 0.3 is 0 Å². The van der Waals surface area contributed by atoms with Crippen molar-refractivity contribution in [2.24, 2.45) is 4.99 Å². The highest BCUT2D eigenvalue weighted by Crippen LogP contribution is 2.34. The number of ether oxygens (including phenoxy) is 2. The Morgan fingerprint density at radius 1 is 1.38 bits per heavy atom. The summed E-state index contributed by atoms with van der Waals surface area (Å²) in [5.74, 6) is 1.79. The minimum atomic E-state index is 0.0258. The van der Waals surface area contributed by atoms with Crippen LogP contribution in [0.25, 0.3) is 0 Å². The van der Waals surface area contributed by atoms with Crippen LogP contribution in [0.5, 0.6) is 5.75 Å². The van der Waals surface area contributed by atoms with Crippen LogP contribution in [0.2, 0.25) is 0 Å². The summed E-state index contributed by atoms with van der Waals surface area (Å²) >= 11 is 0. The maximum absolute atomic E-state index is 6.01. The van der Waals surface area contributed by atoms with E-state index in [9.17, 15) is 0 Å². The SMILES string of the molecule is CCNC(=NCC(C)Oc1ccccc1C)NC1CC2CCC1O2. The van der Waals surface area contributed by atoms with Gasteiger partial charge in [-0.1, -0.05) is 18.2 Å². The van der Waals surface area contributed by atoms with Gasteiger partial charge in [0.1, 0.15) is 11.9 Å². The van der Waals surface area contributed by atoms with Crippen molar-refractivity contribution in [3.8, 4) is 5.75 Å². The van der Waals surface area contributed by atoms with Crippen molar-refractivity contribution in [3.63, 3.8) is 0 Å². The summed E-state index contributed by atoms with van der Waals surface area (Å²) in [6.07, 6.45) is 4.27. The molecule has 24 heavy (non-hydrogen) atoms. The molecule has 1 aromatic carbocycles. The molecule has 3 rings (SSSR count). The van der Waals surface area contributed by atoms with Gasteiger partial charge in [0.05, 0.1) is 24.8 Å². The number of guanidine groups is 1. The molecular formula is C19H29N3O2. The summed E-state index contributed by atoms with van der Waals surface area (Å²) in [6.45, 7) is 7.67. The largest absolute Gasteiger partial charge is 0.489 e. The summed E-state index contributed by atoms with van der Waals surface area (Å²) in [4.78, 5) is 4.70. The molecule has 1 aromatic rings. The number of hydrogen-bond acceptors (Lipinski definition) is 3. The zero-order valence-corrected chi connectivity index (χ0v) is 14.9. The van der Waals surface area contributed by atoms with Gasteiger partial charge in [-0.05, 0) is 51.7 Å². The van der Waals surface area contributed by atoms with Crippen molar-refractivity contribution < 1.29 is 9.47 Å². The smallest absolute Gasteiger partial charge is 0.191 e. The molecule has 2 fully saturated rings. The molecule has 0 aliphatic carbocycles. The fourth-order valence-corrected chi connectivity index (χ4v) is 3.45. The molecule has 4 unspecified atom stereocenters. The van der Waals surface area contributed by atoms with Crippen LogP contribution >= 0.6 is 0 Å². The Morgan fingerprint density at radius 3 is 2.88 bits per heavy atom. The van der Waals surface area contributed by atoms with E-state index in [1.54, 1.807) is 0 Å². The number of para-hydroxylation sites is 1. The number of fused-ring (bicyclic) bond motifs is 2. The molecule has 0 radical (unpaired) electrons. The normalized spacial score (nSPS) is 27.1. The number of benzene rings is 1. The van der Waals surface area contributed by atoms with Gasteiger partial charge in [-0.25, -0.2) is 4.99 Å². The Bertz CT molecular complexity index is 575. The lowest BCUT2D eigenvalue weighted by Gasteiger charge is -2.23. The van der Waals surface area contributed by atoms with Gasteiger partial charge in [0.15, 0.2) is 5.96 Å². The van der Waals surface area contributed by atoms with Crippen molar-refractivity contribution in [2.45, 2.75) is 64.4 Å². The third-order valence-corrected chi connectivity index (χ3v) is 4.70. The van der Waals surface area contributed by atoms with Gasteiger partial charge in [-0.15, -0.1) is 0 Å². The molecule has 2 aliphatic heterocycles. The van der Waals surface area contributed by atoms with E-state index in [0.717, 1.165) is 36.7 Å². The van der Waals surface area contributed by atoms with E-state index in [1.165, 1.54) is 6.42 Å². The van der Waals surface area contributed by atoms with Crippen molar-refractivity contribution in [2.75, 3.05) is 13.1 Å². The van der Waals surface area contributed by atoms with E-state index in [-0.39, 0.29) is 6.10 Å². The van der Waals surface area contributed by atoms with E-state index in [0.29, 0.717) is 24.8 Å². The Balaban J connectivity index is 1.54. The van der Waals surface area contributed by atoms with Gasteiger partial charge in [0.25, 0.3) is 0 Å². The second kappa shape index (κ2) is 7.88. The van der Waals surface area contributed by atoms with Gasteiger partial charge in [-0.2, -0.15) is 0 Å². The average Bonchev–Trinajstić information content (AvgIpc) is 3.18. The Labute approximate surface area is 144 Å². The van der Waals surface area contributed by atoms with Crippen LogP contribution in [0.3, 0.4) is 0 Å². The lowest BCUT2D eigenvalue weighted by Crippen LogP contribution is -2.47. The number of rotatable bonds is 6. The van der Waals surface area contributed by atoms with Crippen molar-refractivity contribution in [3.05, 3.63) is 29.8 Å². The predicted molar refractivity (Wildman–Crippen MR) is 96.7 cm³/mol. The van der Waals surface area contributed by atoms with Crippen LogP contribution in [0, 0.1) is 6.92 Å². The van der Waals surface area contributed by atoms with Crippen molar-refractivity contribution in [1.29, 1.82) is 0 Å². The van der Waals surface area contributed by atoms with E-state index < -0.39 is 0 Å². The van der Waals surface area contributed by atoms with Crippen LogP contribution in [-0.4, -0.2) is 43.4 Å². The molecule has 5 heteroatoms. The first-order valence-electron chi connectivity index (χ1n) is 9.08. The van der Waals surface area contributed by atoms with Gasteiger partial charge < -0.3 is 20.1 Å². The monoisotopic (exact) mass is 331 g/mol. The average molecular weight is 331 g/mol. The molecule has 0 aromatic heterocycles. The molecule has 2 heterocycles. The minimum absolute atomic E-state index is 0.0258. The highest BCUT2D eigenvalue weighted by Gasteiger charge is 2.41. The predicted octanol–water partition coefficient (Wildman–Crippen LogP) is 2.64. The first kappa shape index (κ1) is 17.1. The zero-order chi connectivity index (χ0) is 16.9. The van der Waals surface area contributed by atoms with Crippen LogP contribution in [0.4, 0.5) is 0 Å². The zero-order valence-electron chi connectivity index (χ0n) is 14.9. The van der Waals surface area contributed by atoms with E-state index in [1.807, 2.05) is 18.2 Å². The highest BCUT2D eigenvalue weighted by molar-refractivity contribution is 5.80. The molecule has 2 N–H and O–H groups in total. The molecule has 2 bridgehead atoms. The molecule has 2 aliphatic rings. The third kappa shape index (κ3) is 4.20. The van der Waals surface area contributed by atoms with Crippen molar-refractivity contribution in [1.82, 2.24) is 10.6 Å². The fourth-order valence-electron chi connectivity index (χ4n) is 3.45. The Hall–Kier alpha value is -1.75. The molecular weight excluding hydrogens is 302 g/mol. The minimum Gasteiger partial charge on any atom is -0.489 e. The number of nitrogens with one attached hydrogen (secondary N) is 2. The lowest BCUT2D eigenvalue weighted by atomic mass is 9.96. The topological polar surface area (TPSA) is 54.9 Å². The molecule has 0 spiro atoms. The van der Waals surface area contributed by atoms with Crippen LogP contribution in [-0.2, 0) is 4.74 Å². The summed E-state index contributed by atoms with van der Waals surface area (Å²) in [5.41, 5.74) is 1.15. The maximum Gasteiger partial charge on any atom is 0.191 e. The Morgan fingerprint density at radius 2 is 2.21 bits per heavy atom. The lowest BCUT2D eigenvalue weighted by molar-refractivity contribution is 0.0992. The van der Waals surface area contributed by atoms with Crippen LogP contribution < -0.4 is 15.4 Å². The van der Waals surface area contributed by atoms with Gasteiger partial charge in [0, 0.05) is 6.54 Å². The number of hydrogen-bond donors (Lipinski definition) is 2. The Kier molecular flexibility index (Phi) is 5.61. The standard InChI is InChI=1S/C19H29N3O2/c1-4-20-19(22-16-11-15-9-10-18(16)24-15)21-12-14(3)23-17-8-6-5-7-13(17)2/h5-8,14-16,18H,4,9-12H2,1-3H3,(H2,20,21,22). The summed E-state index contributed by atoms with van der Waals surface area (Å²) in [5, 5.41) is 6.86. The van der Waals surface area contributed by atoms with E-state index in [4.69, 9.17) is 14.5 Å². The fraction of sp³-hybridized carbons (Fsp3) is 0.632. The van der Waals surface area contributed by atoms with Crippen LogP contribution in [0.1, 0.15) is 38.7 Å². The molecule has 5 nitrogen and oxygen atoms in total. The van der Waals surface area contributed by atoms with Gasteiger partial charge in [-0.3, -0.25) is 0 Å². The van der Waals surface area contributed by atoms with E-state index in [2.05, 4.69) is 37.5 Å². The molecule has 132 valence electrons. The second-order valence-electron chi connectivity index (χ2n) is 6.77. The second-order valence-corrected chi connectivity index (χ2v) is 6.77. The number of aryl methyl sites for hydroxylation is 1. The number of nitrogens with zero attached hydrogens (tertiary/aromatic N) is 1. The summed E-state index contributed by atoms with van der Waals surface area (Å²) < 4.78 is 11.9. The molecule has 2 saturated heterocycles. The number of aliphatic imine (C=N–C) groups is 1. The quantitative estimate of drug-likeness (QED) is 0.621. The van der Waals surface area contributed by atoms with E-state index >= 15 is 0 Å². The first-order chi connectivity index (χ1) is 11.7. The summed E-state index contributed by atoms with van der Waals surface area (Å²) in [7, 11) is 0. The van der Waals surface area contributed by atoms with Crippen LogP contribution in [0.15, 0.2) is 29.3 Å².